The highest BCUT2D eigenvalue weighted by atomic mass is 127. The van der Waals surface area contributed by atoms with E-state index >= 15 is 4.39 Å². The fraction of sp³-hybridized carbons (Fsp3) is 0.769. The van der Waals surface area contributed by atoms with E-state index in [1.165, 1.54) is 0 Å². The molecule has 1 aliphatic heterocycles. The Labute approximate surface area is 122 Å². The molecule has 1 aromatic rings. The number of rotatable bonds is 1. The zero-order chi connectivity index (χ0) is 13.8. The van der Waals surface area contributed by atoms with E-state index in [1.54, 1.807) is 11.6 Å². The van der Waals surface area contributed by atoms with Crippen LogP contribution < -0.4 is 0 Å². The molecule has 1 aliphatic rings. The summed E-state index contributed by atoms with van der Waals surface area (Å²) in [5.74, 6) is -1.20. The average Bonchev–Trinajstić information content (AvgIpc) is 2.53. The van der Waals surface area contributed by atoms with Gasteiger partial charge in [-0.3, -0.25) is 9.58 Å². The van der Waals surface area contributed by atoms with Gasteiger partial charge in [0, 0.05) is 30.3 Å². The van der Waals surface area contributed by atoms with Gasteiger partial charge in [0.25, 0.3) is 0 Å². The molecule has 3 unspecified atom stereocenters. The number of aromatic nitrogens is 2. The Balaban J connectivity index is 2.66. The van der Waals surface area contributed by atoms with Gasteiger partial charge in [-0.1, -0.05) is 29.5 Å². The Morgan fingerprint density at radius 2 is 2.00 bits per heavy atom. The van der Waals surface area contributed by atoms with Crippen LogP contribution in [0, 0.1) is 6.92 Å². The minimum Gasteiger partial charge on any atom is -0.272 e. The monoisotopic (exact) mass is 365 g/mol. The molecule has 0 aromatic carbocycles. The largest absolute Gasteiger partial charge is 0.272 e. The van der Waals surface area contributed by atoms with Crippen molar-refractivity contribution in [3.8, 4) is 0 Å². The fourth-order valence-corrected chi connectivity index (χ4v) is 4.53. The molecule has 0 bridgehead atoms. The molecule has 0 saturated carbocycles. The Kier molecular flexibility index (Phi) is 3.51. The van der Waals surface area contributed by atoms with Gasteiger partial charge in [0.15, 0.2) is 0 Å². The molecule has 0 aliphatic carbocycles. The Bertz CT molecular complexity index is 467. The van der Waals surface area contributed by atoms with Crippen molar-refractivity contribution in [2.75, 3.05) is 0 Å². The normalized spacial score (nSPS) is 32.9. The maximum Gasteiger partial charge on any atom is 0.207 e. The van der Waals surface area contributed by atoms with Crippen LogP contribution in [0.4, 0.5) is 4.39 Å². The van der Waals surface area contributed by atoms with Crippen molar-refractivity contribution in [1.82, 2.24) is 14.7 Å². The molecule has 2 rings (SSSR count). The van der Waals surface area contributed by atoms with Gasteiger partial charge in [0.1, 0.15) is 5.69 Å². The van der Waals surface area contributed by atoms with E-state index in [9.17, 15) is 0 Å². The number of fused-ring (bicyclic) bond motifs is 1. The second-order valence-electron chi connectivity index (χ2n) is 5.59. The number of alkyl halides is 2. The molecule has 102 valence electrons. The molecule has 0 amide bonds. The second kappa shape index (κ2) is 4.44. The van der Waals surface area contributed by atoms with Gasteiger partial charge in [0.2, 0.25) is 5.79 Å². The van der Waals surface area contributed by atoms with E-state index in [2.05, 4.69) is 34.6 Å². The predicted octanol–water partition coefficient (Wildman–Crippen LogP) is 3.46. The smallest absolute Gasteiger partial charge is 0.207 e. The molecule has 3 nitrogen and oxygen atoms in total. The maximum atomic E-state index is 15.2. The molecule has 18 heavy (non-hydrogen) atoms. The zero-order valence-electron chi connectivity index (χ0n) is 11.8. The van der Waals surface area contributed by atoms with Gasteiger partial charge in [-0.25, -0.2) is 4.39 Å². The lowest BCUT2D eigenvalue weighted by Gasteiger charge is -2.46. The van der Waals surface area contributed by atoms with Crippen molar-refractivity contribution >= 4 is 22.6 Å². The van der Waals surface area contributed by atoms with Crippen molar-refractivity contribution in [2.45, 2.75) is 56.4 Å². The number of hydrogen-bond donors (Lipinski definition) is 0. The molecular formula is C13H21FIN3. The average molecular weight is 365 g/mol. The molecule has 0 spiro atoms. The minimum atomic E-state index is -1.49. The lowest BCUT2D eigenvalue weighted by atomic mass is 9.88. The molecular weight excluding hydrogens is 344 g/mol. The van der Waals surface area contributed by atoms with Crippen LogP contribution in [-0.2, 0) is 12.8 Å². The van der Waals surface area contributed by atoms with Crippen LogP contribution in [0.15, 0.2) is 0 Å². The van der Waals surface area contributed by atoms with E-state index < -0.39 is 5.79 Å². The first-order valence-electron chi connectivity index (χ1n) is 6.35. The van der Waals surface area contributed by atoms with Crippen LogP contribution >= 0.6 is 22.6 Å². The summed E-state index contributed by atoms with van der Waals surface area (Å²) in [6.45, 7) is 9.89. The fourth-order valence-electron chi connectivity index (χ4n) is 3.01. The summed E-state index contributed by atoms with van der Waals surface area (Å²) in [5.41, 5.74) is 2.75. The first-order chi connectivity index (χ1) is 8.19. The van der Waals surface area contributed by atoms with Gasteiger partial charge < -0.3 is 0 Å². The Hall–Kier alpha value is -0.170. The van der Waals surface area contributed by atoms with E-state index in [0.29, 0.717) is 11.6 Å². The van der Waals surface area contributed by atoms with E-state index in [-0.39, 0.29) is 10.1 Å². The summed E-state index contributed by atoms with van der Waals surface area (Å²) >= 11 is 2.36. The third-order valence-electron chi connectivity index (χ3n) is 3.99. The zero-order valence-corrected chi connectivity index (χ0v) is 14.0. The van der Waals surface area contributed by atoms with Crippen molar-refractivity contribution < 1.29 is 4.39 Å². The molecule has 1 aromatic heterocycles. The Morgan fingerprint density at radius 1 is 1.44 bits per heavy atom. The third-order valence-corrected chi connectivity index (χ3v) is 5.67. The van der Waals surface area contributed by atoms with E-state index in [0.717, 1.165) is 11.3 Å². The highest BCUT2D eigenvalue weighted by Crippen LogP contribution is 2.48. The van der Waals surface area contributed by atoms with Gasteiger partial charge >= 0.3 is 0 Å². The summed E-state index contributed by atoms with van der Waals surface area (Å²) in [5, 5.41) is 4.42. The van der Waals surface area contributed by atoms with Crippen LogP contribution in [0.25, 0.3) is 0 Å². The quantitative estimate of drug-likeness (QED) is 0.432. The van der Waals surface area contributed by atoms with Crippen LogP contribution in [0.5, 0.6) is 0 Å². The molecule has 5 heteroatoms. The van der Waals surface area contributed by atoms with Crippen LogP contribution in [-0.4, -0.2) is 24.8 Å². The molecule has 0 N–H and O–H groups in total. The van der Waals surface area contributed by atoms with Gasteiger partial charge in [-0.2, -0.15) is 5.10 Å². The van der Waals surface area contributed by atoms with Crippen molar-refractivity contribution in [1.29, 1.82) is 0 Å². The van der Waals surface area contributed by atoms with Gasteiger partial charge in [0.05, 0.1) is 4.05 Å². The third kappa shape index (κ3) is 1.81. The number of hydrogen-bond acceptors (Lipinski definition) is 2. The molecule has 0 radical (unpaired) electrons. The lowest BCUT2D eigenvalue weighted by molar-refractivity contribution is -0.0681. The first kappa shape index (κ1) is 14.2. The first-order valence-corrected chi connectivity index (χ1v) is 7.59. The summed E-state index contributed by atoms with van der Waals surface area (Å²) < 4.78 is 17.2. The van der Waals surface area contributed by atoms with Crippen LogP contribution in [0.2, 0.25) is 0 Å². The van der Waals surface area contributed by atoms with Crippen molar-refractivity contribution in [3.05, 3.63) is 17.0 Å². The van der Waals surface area contributed by atoms with Crippen molar-refractivity contribution in [2.24, 2.45) is 7.05 Å². The topological polar surface area (TPSA) is 21.1 Å². The summed E-state index contributed by atoms with van der Waals surface area (Å²) in [7, 11) is 1.89. The second-order valence-corrected chi connectivity index (χ2v) is 6.86. The van der Waals surface area contributed by atoms with Crippen molar-refractivity contribution in [3.63, 3.8) is 0 Å². The summed E-state index contributed by atoms with van der Waals surface area (Å²) in [6, 6.07) is 0.153. The highest BCUT2D eigenvalue weighted by Gasteiger charge is 2.50. The maximum absolute atomic E-state index is 15.2. The molecule has 0 saturated heterocycles. The van der Waals surface area contributed by atoms with E-state index in [1.807, 2.05) is 32.7 Å². The molecule has 2 heterocycles. The number of aryl methyl sites for hydroxylation is 1. The van der Waals surface area contributed by atoms with Gasteiger partial charge in [-0.05, 0) is 27.7 Å². The standard InChI is InChI=1S/C13H21FIN3/c1-7(2)18-12(15)8(3)10-9(4)17(6)16-11(10)13(18,5)14/h7-8,12H,1-6H3. The number of halogens is 2. The van der Waals surface area contributed by atoms with Gasteiger partial charge in [-0.15, -0.1) is 0 Å². The highest BCUT2D eigenvalue weighted by molar-refractivity contribution is 14.1. The Morgan fingerprint density at radius 3 is 2.50 bits per heavy atom. The lowest BCUT2D eigenvalue weighted by Crippen LogP contribution is -2.54. The van der Waals surface area contributed by atoms with Crippen LogP contribution in [0.3, 0.4) is 0 Å². The summed E-state index contributed by atoms with van der Waals surface area (Å²) in [6.07, 6.45) is 0. The summed E-state index contributed by atoms with van der Waals surface area (Å²) in [4.78, 5) is 1.92. The number of nitrogens with zero attached hydrogens (tertiary/aromatic N) is 3. The predicted molar refractivity (Wildman–Crippen MR) is 79.6 cm³/mol. The SMILES string of the molecule is Cc1c2c(nn1C)C(C)(F)N(C(C)C)C(I)C2C. The molecule has 0 fully saturated rings. The van der Waals surface area contributed by atoms with E-state index in [4.69, 9.17) is 0 Å². The molecule has 3 atom stereocenters. The van der Waals surface area contributed by atoms with Crippen LogP contribution in [0.1, 0.15) is 50.6 Å². The minimum absolute atomic E-state index is 0.146.